The minimum Gasteiger partial charge on any atom is -0.482 e. The fourth-order valence-corrected chi connectivity index (χ4v) is 3.67. The van der Waals surface area contributed by atoms with Crippen LogP contribution in [0.4, 0.5) is 11.4 Å². The van der Waals surface area contributed by atoms with E-state index in [-0.39, 0.29) is 37.3 Å². The van der Waals surface area contributed by atoms with E-state index in [0.29, 0.717) is 30.1 Å². The molecule has 3 amide bonds. The molecule has 0 unspecified atom stereocenters. The molecule has 29 heavy (non-hydrogen) atoms. The number of rotatable bonds is 6. The molecule has 2 aliphatic rings. The smallest absolute Gasteiger partial charge is 0.265 e. The van der Waals surface area contributed by atoms with Gasteiger partial charge in [-0.25, -0.2) is 0 Å². The Morgan fingerprint density at radius 2 is 1.93 bits per heavy atom. The molecule has 0 bridgehead atoms. The van der Waals surface area contributed by atoms with E-state index < -0.39 is 0 Å². The van der Waals surface area contributed by atoms with Crippen molar-refractivity contribution < 1.29 is 19.1 Å². The van der Waals surface area contributed by atoms with Crippen LogP contribution in [0, 0.1) is 0 Å². The Bertz CT molecular complexity index is 943. The first kappa shape index (κ1) is 19.0. The van der Waals surface area contributed by atoms with Crippen LogP contribution in [0.3, 0.4) is 0 Å². The highest BCUT2D eigenvalue weighted by Gasteiger charge is 2.25. The van der Waals surface area contributed by atoms with Crippen LogP contribution in [0.5, 0.6) is 5.75 Å². The average Bonchev–Trinajstić information content (AvgIpc) is 3.12. The number of nitrogens with one attached hydrogen (secondary N) is 1. The maximum atomic E-state index is 12.4. The Morgan fingerprint density at radius 3 is 2.76 bits per heavy atom. The molecule has 1 N–H and O–H groups in total. The lowest BCUT2D eigenvalue weighted by molar-refractivity contribution is -0.128. The largest absolute Gasteiger partial charge is 0.482 e. The fourth-order valence-electron chi connectivity index (χ4n) is 3.67. The van der Waals surface area contributed by atoms with Gasteiger partial charge >= 0.3 is 0 Å². The maximum Gasteiger partial charge on any atom is 0.265 e. The molecule has 2 aliphatic heterocycles. The van der Waals surface area contributed by atoms with Gasteiger partial charge in [-0.2, -0.15) is 0 Å². The van der Waals surface area contributed by atoms with Gasteiger partial charge in [-0.1, -0.05) is 24.3 Å². The molecule has 0 aromatic heterocycles. The second kappa shape index (κ2) is 8.34. The van der Waals surface area contributed by atoms with Crippen molar-refractivity contribution in [3.05, 3.63) is 54.1 Å². The van der Waals surface area contributed by atoms with Crippen LogP contribution in [0.2, 0.25) is 0 Å². The van der Waals surface area contributed by atoms with E-state index in [1.807, 2.05) is 53.4 Å². The molecular formula is C22H23N3O4. The number of benzene rings is 2. The molecule has 150 valence electrons. The number of hydrogen-bond acceptors (Lipinski definition) is 4. The average molecular weight is 393 g/mol. The molecule has 0 saturated carbocycles. The number of carbonyl (C=O) groups excluding carboxylic acids is 3. The first-order chi connectivity index (χ1) is 14.1. The summed E-state index contributed by atoms with van der Waals surface area (Å²) in [5.41, 5.74) is 2.36. The second-order valence-electron chi connectivity index (χ2n) is 7.22. The van der Waals surface area contributed by atoms with E-state index in [4.69, 9.17) is 4.74 Å². The molecule has 4 rings (SSSR count). The number of likely N-dealkylation sites (tertiary alicyclic amines) is 1. The molecule has 0 spiro atoms. The lowest BCUT2D eigenvalue weighted by Crippen LogP contribution is -2.40. The van der Waals surface area contributed by atoms with Gasteiger partial charge in [0.25, 0.3) is 5.91 Å². The number of ether oxygens (including phenoxy) is 1. The predicted molar refractivity (Wildman–Crippen MR) is 109 cm³/mol. The van der Waals surface area contributed by atoms with Crippen LogP contribution in [0.25, 0.3) is 0 Å². The van der Waals surface area contributed by atoms with E-state index in [1.54, 1.807) is 4.90 Å². The van der Waals surface area contributed by atoms with Crippen LogP contribution in [0.15, 0.2) is 48.5 Å². The first-order valence-corrected chi connectivity index (χ1v) is 9.79. The van der Waals surface area contributed by atoms with Crippen molar-refractivity contribution in [1.82, 2.24) is 4.90 Å². The third-order valence-corrected chi connectivity index (χ3v) is 5.13. The number of amides is 3. The number of para-hydroxylation sites is 2. The highest BCUT2D eigenvalue weighted by atomic mass is 16.5. The van der Waals surface area contributed by atoms with Gasteiger partial charge in [0.05, 0.1) is 5.69 Å². The van der Waals surface area contributed by atoms with Crippen LogP contribution >= 0.6 is 0 Å². The van der Waals surface area contributed by atoms with Crippen molar-refractivity contribution in [2.75, 3.05) is 29.9 Å². The highest BCUT2D eigenvalue weighted by molar-refractivity contribution is 5.99. The summed E-state index contributed by atoms with van der Waals surface area (Å²) >= 11 is 0. The summed E-state index contributed by atoms with van der Waals surface area (Å²) in [5.74, 6) is 0.497. The molecule has 1 saturated heterocycles. The molecule has 1 fully saturated rings. The monoisotopic (exact) mass is 393 g/mol. The van der Waals surface area contributed by atoms with Gasteiger partial charge < -0.3 is 19.9 Å². The molecule has 2 heterocycles. The zero-order valence-corrected chi connectivity index (χ0v) is 16.1. The van der Waals surface area contributed by atoms with Crippen molar-refractivity contribution in [2.45, 2.75) is 25.8 Å². The van der Waals surface area contributed by atoms with Crippen molar-refractivity contribution in [3.63, 3.8) is 0 Å². The number of hydrogen-bond donors (Lipinski definition) is 1. The Kier molecular flexibility index (Phi) is 5.46. The van der Waals surface area contributed by atoms with E-state index in [0.717, 1.165) is 18.5 Å². The normalized spacial score (nSPS) is 15.9. The molecule has 2 aromatic rings. The standard InChI is InChI=1S/C22H23N3O4/c26-20(10-12-25-18-7-1-2-8-19(18)29-15-22(25)28)23-17-6-3-5-16(13-17)14-24-11-4-9-21(24)27/h1-3,5-8,13H,4,9-12,14-15H2,(H,23,26). The first-order valence-electron chi connectivity index (χ1n) is 9.79. The maximum absolute atomic E-state index is 12.4. The van der Waals surface area contributed by atoms with Crippen LogP contribution in [0.1, 0.15) is 24.8 Å². The van der Waals surface area contributed by atoms with E-state index in [9.17, 15) is 14.4 Å². The molecular weight excluding hydrogens is 370 g/mol. The number of fused-ring (bicyclic) bond motifs is 1. The summed E-state index contributed by atoms with van der Waals surface area (Å²) in [6.45, 7) is 1.61. The quantitative estimate of drug-likeness (QED) is 0.818. The zero-order chi connectivity index (χ0) is 20.2. The van der Waals surface area contributed by atoms with Gasteiger partial charge in [0.15, 0.2) is 6.61 Å². The van der Waals surface area contributed by atoms with Crippen molar-refractivity contribution >= 4 is 29.1 Å². The summed E-state index contributed by atoms with van der Waals surface area (Å²) in [5, 5.41) is 2.89. The van der Waals surface area contributed by atoms with Crippen molar-refractivity contribution in [2.24, 2.45) is 0 Å². The number of carbonyl (C=O) groups is 3. The van der Waals surface area contributed by atoms with Gasteiger partial charge in [0, 0.05) is 38.2 Å². The van der Waals surface area contributed by atoms with E-state index in [1.165, 1.54) is 0 Å². The molecule has 7 nitrogen and oxygen atoms in total. The summed E-state index contributed by atoms with van der Waals surface area (Å²) in [4.78, 5) is 39.9. The highest BCUT2D eigenvalue weighted by Crippen LogP contribution is 2.31. The van der Waals surface area contributed by atoms with Gasteiger partial charge in [-0.15, -0.1) is 0 Å². The van der Waals surface area contributed by atoms with Gasteiger partial charge in [-0.05, 0) is 36.2 Å². The van der Waals surface area contributed by atoms with Gasteiger partial charge in [-0.3, -0.25) is 14.4 Å². The predicted octanol–water partition coefficient (Wildman–Crippen LogP) is 2.56. The van der Waals surface area contributed by atoms with E-state index >= 15 is 0 Å². The lowest BCUT2D eigenvalue weighted by atomic mass is 10.2. The molecule has 0 radical (unpaired) electrons. The van der Waals surface area contributed by atoms with Crippen LogP contribution < -0.4 is 15.0 Å². The Hall–Kier alpha value is -3.35. The van der Waals surface area contributed by atoms with Crippen molar-refractivity contribution in [3.8, 4) is 5.75 Å². The summed E-state index contributed by atoms with van der Waals surface area (Å²) < 4.78 is 5.42. The Morgan fingerprint density at radius 1 is 1.07 bits per heavy atom. The van der Waals surface area contributed by atoms with Crippen LogP contribution in [-0.2, 0) is 20.9 Å². The molecule has 0 atom stereocenters. The molecule has 0 aliphatic carbocycles. The molecule has 2 aromatic carbocycles. The van der Waals surface area contributed by atoms with Gasteiger partial charge in [0.1, 0.15) is 5.75 Å². The van der Waals surface area contributed by atoms with Crippen molar-refractivity contribution in [1.29, 1.82) is 0 Å². The lowest BCUT2D eigenvalue weighted by Gasteiger charge is -2.29. The fraction of sp³-hybridized carbons (Fsp3) is 0.318. The summed E-state index contributed by atoms with van der Waals surface area (Å²) in [7, 11) is 0. The Balaban J connectivity index is 1.35. The third-order valence-electron chi connectivity index (χ3n) is 5.13. The Labute approximate surface area is 169 Å². The minimum absolute atomic E-state index is 0.0180. The zero-order valence-electron chi connectivity index (χ0n) is 16.1. The van der Waals surface area contributed by atoms with Crippen LogP contribution in [-0.4, -0.2) is 42.3 Å². The third kappa shape index (κ3) is 4.39. The summed E-state index contributed by atoms with van der Waals surface area (Å²) in [6, 6.07) is 14.8. The minimum atomic E-state index is -0.170. The topological polar surface area (TPSA) is 79.0 Å². The SMILES string of the molecule is O=C(CCN1C(=O)COc2ccccc21)Nc1cccc(CN2CCCC2=O)c1. The number of anilines is 2. The summed E-state index contributed by atoms with van der Waals surface area (Å²) in [6.07, 6.45) is 1.69. The molecule has 7 heteroatoms. The van der Waals surface area contributed by atoms with Gasteiger partial charge in [0.2, 0.25) is 11.8 Å². The van der Waals surface area contributed by atoms with E-state index in [2.05, 4.69) is 5.32 Å². The number of nitrogens with zero attached hydrogens (tertiary/aromatic N) is 2. The second-order valence-corrected chi connectivity index (χ2v) is 7.22.